The topological polar surface area (TPSA) is 87.5 Å². The molecular formula is C9H13N3O3. The smallest absolute Gasteiger partial charge is 0.159 e. The Hall–Kier alpha value is -1.25. The molecule has 1 N–H and O–H groups in total. The average molecular weight is 211 g/mol. The molecule has 0 amide bonds. The molecule has 1 rings (SSSR count). The van der Waals surface area contributed by atoms with E-state index in [1.54, 1.807) is 6.92 Å². The van der Waals surface area contributed by atoms with E-state index >= 15 is 0 Å². The maximum Gasteiger partial charge on any atom is 0.159 e. The lowest BCUT2D eigenvalue weighted by atomic mass is 10.0. The van der Waals surface area contributed by atoms with E-state index < -0.39 is 24.5 Å². The van der Waals surface area contributed by atoms with Crippen LogP contribution >= 0.6 is 0 Å². The van der Waals surface area contributed by atoms with Crippen LogP contribution in [0, 0.1) is 12.3 Å². The zero-order chi connectivity index (χ0) is 11.3. The lowest BCUT2D eigenvalue weighted by Gasteiger charge is -2.35. The quantitative estimate of drug-likeness (QED) is 0.324. The number of ether oxygens (including phenoxy) is 2. The van der Waals surface area contributed by atoms with Crippen molar-refractivity contribution in [3.63, 3.8) is 0 Å². The number of aliphatic hydroxyl groups is 1. The molecule has 0 saturated carbocycles. The summed E-state index contributed by atoms with van der Waals surface area (Å²) in [5.41, 5.74) is 8.32. The first-order chi connectivity index (χ1) is 7.19. The minimum absolute atomic E-state index is 0.135. The predicted molar refractivity (Wildman–Crippen MR) is 52.7 cm³/mol. The van der Waals surface area contributed by atoms with E-state index in [9.17, 15) is 5.11 Å². The summed E-state index contributed by atoms with van der Waals surface area (Å²) in [4.78, 5) is 2.67. The molecule has 0 aromatic rings. The van der Waals surface area contributed by atoms with Crippen molar-refractivity contribution in [3.8, 4) is 12.3 Å². The van der Waals surface area contributed by atoms with Gasteiger partial charge in [-0.05, 0) is 12.5 Å². The van der Waals surface area contributed by atoms with Crippen molar-refractivity contribution < 1.29 is 14.6 Å². The summed E-state index contributed by atoms with van der Waals surface area (Å²) in [5, 5.41) is 13.1. The van der Waals surface area contributed by atoms with Crippen LogP contribution in [-0.4, -0.2) is 36.3 Å². The highest BCUT2D eigenvalue weighted by Gasteiger charge is 2.34. The van der Waals surface area contributed by atoms with E-state index in [1.807, 2.05) is 0 Å². The van der Waals surface area contributed by atoms with E-state index in [2.05, 4.69) is 15.9 Å². The van der Waals surface area contributed by atoms with Crippen LogP contribution in [0.5, 0.6) is 0 Å². The summed E-state index contributed by atoms with van der Waals surface area (Å²) in [6.07, 6.45) is 3.60. The third-order valence-corrected chi connectivity index (χ3v) is 2.23. The second-order valence-electron chi connectivity index (χ2n) is 3.28. The Morgan fingerprint density at radius 1 is 1.80 bits per heavy atom. The van der Waals surface area contributed by atoms with Gasteiger partial charge in [-0.15, -0.1) is 6.42 Å². The number of hydrogen-bond donors (Lipinski definition) is 1. The summed E-state index contributed by atoms with van der Waals surface area (Å²) in [6, 6.07) is -0.526. The van der Waals surface area contributed by atoms with Crippen LogP contribution in [0.1, 0.15) is 13.3 Å². The molecule has 0 bridgehead atoms. The fourth-order valence-electron chi connectivity index (χ4n) is 1.46. The van der Waals surface area contributed by atoms with Gasteiger partial charge in [-0.2, -0.15) is 0 Å². The Morgan fingerprint density at radius 2 is 2.53 bits per heavy atom. The van der Waals surface area contributed by atoms with Gasteiger partial charge in [0.2, 0.25) is 0 Å². The zero-order valence-electron chi connectivity index (χ0n) is 8.41. The molecule has 1 aliphatic rings. The van der Waals surface area contributed by atoms with Crippen LogP contribution in [-0.2, 0) is 9.47 Å². The monoisotopic (exact) mass is 211 g/mol. The maximum absolute atomic E-state index is 9.63. The zero-order valence-corrected chi connectivity index (χ0v) is 8.41. The molecule has 6 nitrogen and oxygen atoms in total. The van der Waals surface area contributed by atoms with E-state index in [4.69, 9.17) is 21.4 Å². The number of terminal acetylenes is 1. The van der Waals surface area contributed by atoms with Crippen LogP contribution in [0.4, 0.5) is 0 Å². The first-order valence-corrected chi connectivity index (χ1v) is 4.61. The van der Waals surface area contributed by atoms with Gasteiger partial charge in [-0.25, -0.2) is 0 Å². The molecular weight excluding hydrogens is 198 g/mol. The number of aliphatic hydroxyl groups excluding tert-OH is 1. The molecule has 1 heterocycles. The fraction of sp³-hybridized carbons (Fsp3) is 0.778. The van der Waals surface area contributed by atoms with E-state index in [0.29, 0.717) is 6.42 Å². The number of azide groups is 1. The van der Waals surface area contributed by atoms with Gasteiger partial charge >= 0.3 is 0 Å². The highest BCUT2D eigenvalue weighted by atomic mass is 16.7. The SMILES string of the molecule is C#CCO[C@H]1C[C@H](N=[N+]=[N-])[C@@H](O)[C@H](C)O1. The van der Waals surface area contributed by atoms with Crippen LogP contribution in [0.2, 0.25) is 0 Å². The van der Waals surface area contributed by atoms with Crippen LogP contribution in [0.3, 0.4) is 0 Å². The largest absolute Gasteiger partial charge is 0.390 e. The summed E-state index contributed by atoms with van der Waals surface area (Å²) in [7, 11) is 0. The van der Waals surface area contributed by atoms with Gasteiger partial charge in [0.25, 0.3) is 0 Å². The van der Waals surface area contributed by atoms with Gasteiger partial charge in [0.1, 0.15) is 6.61 Å². The summed E-state index contributed by atoms with van der Waals surface area (Å²) in [5.74, 6) is 2.32. The number of hydrogen-bond acceptors (Lipinski definition) is 4. The molecule has 0 spiro atoms. The van der Waals surface area contributed by atoms with E-state index in [0.717, 1.165) is 0 Å². The Morgan fingerprint density at radius 3 is 3.13 bits per heavy atom. The molecule has 1 aliphatic heterocycles. The molecule has 0 aromatic heterocycles. The molecule has 0 radical (unpaired) electrons. The second kappa shape index (κ2) is 5.59. The third kappa shape index (κ3) is 3.11. The number of nitrogens with zero attached hydrogens (tertiary/aromatic N) is 3. The van der Waals surface area contributed by atoms with Crippen LogP contribution < -0.4 is 0 Å². The molecule has 0 aliphatic carbocycles. The minimum atomic E-state index is -0.799. The Bertz CT molecular complexity index is 295. The summed E-state index contributed by atoms with van der Waals surface area (Å²) in [6.45, 7) is 1.83. The Labute approximate surface area is 87.8 Å². The molecule has 1 saturated heterocycles. The van der Waals surface area contributed by atoms with Crippen molar-refractivity contribution in [2.75, 3.05) is 6.61 Å². The maximum atomic E-state index is 9.63. The molecule has 6 heteroatoms. The van der Waals surface area contributed by atoms with E-state index in [1.165, 1.54) is 0 Å². The molecule has 0 aromatic carbocycles. The normalized spacial score (nSPS) is 35.3. The first-order valence-electron chi connectivity index (χ1n) is 4.61. The fourth-order valence-corrected chi connectivity index (χ4v) is 1.46. The van der Waals surface area contributed by atoms with Crippen LogP contribution in [0.25, 0.3) is 10.4 Å². The molecule has 82 valence electrons. The van der Waals surface area contributed by atoms with Crippen molar-refractivity contribution in [2.45, 2.75) is 37.9 Å². The van der Waals surface area contributed by atoms with Crippen molar-refractivity contribution in [2.24, 2.45) is 5.11 Å². The van der Waals surface area contributed by atoms with Gasteiger partial charge in [0.05, 0.1) is 18.2 Å². The van der Waals surface area contributed by atoms with Crippen molar-refractivity contribution in [1.82, 2.24) is 0 Å². The summed E-state index contributed by atoms with van der Waals surface area (Å²) < 4.78 is 10.5. The highest BCUT2D eigenvalue weighted by Crippen LogP contribution is 2.23. The van der Waals surface area contributed by atoms with Crippen molar-refractivity contribution in [3.05, 3.63) is 10.4 Å². The van der Waals surface area contributed by atoms with E-state index in [-0.39, 0.29) is 6.61 Å². The van der Waals surface area contributed by atoms with Gasteiger partial charge in [-0.3, -0.25) is 0 Å². The molecule has 15 heavy (non-hydrogen) atoms. The van der Waals surface area contributed by atoms with Crippen molar-refractivity contribution >= 4 is 0 Å². The minimum Gasteiger partial charge on any atom is -0.390 e. The lowest BCUT2D eigenvalue weighted by Crippen LogP contribution is -2.46. The Balaban J connectivity index is 2.58. The second-order valence-corrected chi connectivity index (χ2v) is 3.28. The van der Waals surface area contributed by atoms with Gasteiger partial charge < -0.3 is 14.6 Å². The molecule has 1 fully saturated rings. The van der Waals surface area contributed by atoms with Crippen LogP contribution in [0.15, 0.2) is 5.11 Å². The van der Waals surface area contributed by atoms with Gasteiger partial charge in [0, 0.05) is 11.3 Å². The highest BCUT2D eigenvalue weighted by molar-refractivity contribution is 4.88. The Kier molecular flexibility index (Phi) is 4.40. The van der Waals surface area contributed by atoms with Crippen molar-refractivity contribution in [1.29, 1.82) is 0 Å². The molecule has 4 atom stereocenters. The lowest BCUT2D eigenvalue weighted by molar-refractivity contribution is -0.217. The standard InChI is InChI=1S/C9H13N3O3/c1-3-4-14-8-5-7(11-12-10)9(13)6(2)15-8/h1,6-9,13H,4-5H2,2H3/t6-,7-,8+,9-/m0/s1. The molecule has 0 unspecified atom stereocenters. The average Bonchev–Trinajstić information content (AvgIpc) is 2.22. The first kappa shape index (κ1) is 11.8. The predicted octanol–water partition coefficient (Wildman–Crippen LogP) is 0.811. The number of rotatable bonds is 3. The summed E-state index contributed by atoms with van der Waals surface area (Å²) >= 11 is 0. The van der Waals surface area contributed by atoms with Gasteiger partial charge in [0.15, 0.2) is 6.29 Å². The third-order valence-electron chi connectivity index (χ3n) is 2.23. The van der Waals surface area contributed by atoms with Gasteiger partial charge in [-0.1, -0.05) is 11.0 Å².